The highest BCUT2D eigenvalue weighted by Crippen LogP contribution is 2.26. The molecule has 116 valence electrons. The molecule has 1 aromatic carbocycles. The number of ether oxygens (including phenoxy) is 2. The van der Waals surface area contributed by atoms with E-state index in [2.05, 4.69) is 9.97 Å². The number of fused-ring (bicyclic) bond motifs is 1. The fourth-order valence-corrected chi connectivity index (χ4v) is 1.95. The molecule has 1 heterocycles. The molecule has 0 N–H and O–H groups in total. The number of benzene rings is 1. The summed E-state index contributed by atoms with van der Waals surface area (Å²) >= 11 is 0. The third-order valence-corrected chi connectivity index (χ3v) is 2.90. The molecule has 0 bridgehead atoms. The van der Waals surface area contributed by atoms with Crippen LogP contribution in [-0.2, 0) is 4.74 Å². The van der Waals surface area contributed by atoms with Crippen LogP contribution in [0.1, 0.15) is 29.9 Å². The molecule has 22 heavy (non-hydrogen) atoms. The highest BCUT2D eigenvalue weighted by Gasteiger charge is 2.21. The van der Waals surface area contributed by atoms with Crippen molar-refractivity contribution >= 4 is 22.7 Å². The first-order chi connectivity index (χ1) is 10.5. The van der Waals surface area contributed by atoms with E-state index in [9.17, 15) is 14.9 Å². The highest BCUT2D eigenvalue weighted by atomic mass is 16.6. The number of nitrogens with zero attached hydrogens (tertiary/aromatic N) is 3. The van der Waals surface area contributed by atoms with Gasteiger partial charge in [0.25, 0.3) is 5.69 Å². The van der Waals surface area contributed by atoms with E-state index >= 15 is 0 Å². The molecule has 0 aliphatic carbocycles. The number of aryl methyl sites for hydroxylation is 1. The Morgan fingerprint density at radius 3 is 2.50 bits per heavy atom. The molecule has 2 aromatic rings. The van der Waals surface area contributed by atoms with Crippen molar-refractivity contribution in [3.8, 4) is 5.88 Å². The third-order valence-electron chi connectivity index (χ3n) is 2.90. The number of esters is 1. The van der Waals surface area contributed by atoms with E-state index in [1.165, 1.54) is 12.1 Å². The van der Waals surface area contributed by atoms with Crippen molar-refractivity contribution in [3.63, 3.8) is 0 Å². The number of nitro benzene ring substituents is 1. The number of nitro groups is 1. The quantitative estimate of drug-likeness (QED) is 0.474. The summed E-state index contributed by atoms with van der Waals surface area (Å²) < 4.78 is 10.2. The summed E-state index contributed by atoms with van der Waals surface area (Å²) in [5.74, 6) is -0.620. The number of carbonyl (C=O) groups excluding carboxylic acids is 1. The monoisotopic (exact) mass is 305 g/mol. The molecule has 0 unspecified atom stereocenters. The van der Waals surface area contributed by atoms with Crippen LogP contribution in [0, 0.1) is 17.0 Å². The van der Waals surface area contributed by atoms with Crippen molar-refractivity contribution in [2.75, 3.05) is 13.2 Å². The Labute approximate surface area is 126 Å². The molecule has 0 radical (unpaired) electrons. The van der Waals surface area contributed by atoms with Gasteiger partial charge >= 0.3 is 5.97 Å². The van der Waals surface area contributed by atoms with Gasteiger partial charge in [-0.05, 0) is 26.8 Å². The van der Waals surface area contributed by atoms with Crippen LogP contribution in [0.2, 0.25) is 0 Å². The molecule has 8 nitrogen and oxygen atoms in total. The van der Waals surface area contributed by atoms with Gasteiger partial charge in [-0.15, -0.1) is 0 Å². The maximum absolute atomic E-state index is 11.9. The van der Waals surface area contributed by atoms with Crippen molar-refractivity contribution in [2.45, 2.75) is 20.8 Å². The van der Waals surface area contributed by atoms with E-state index in [0.29, 0.717) is 17.7 Å². The van der Waals surface area contributed by atoms with Crippen LogP contribution in [0.25, 0.3) is 11.0 Å². The summed E-state index contributed by atoms with van der Waals surface area (Å²) in [5.41, 5.74) is 0.941. The number of aromatic nitrogens is 2. The Kier molecular flexibility index (Phi) is 4.50. The summed E-state index contributed by atoms with van der Waals surface area (Å²) in [6, 6.07) is 2.83. The summed E-state index contributed by atoms with van der Waals surface area (Å²) in [5, 5.41) is 11.0. The molecule has 2 rings (SSSR count). The largest absolute Gasteiger partial charge is 0.476 e. The topological polar surface area (TPSA) is 104 Å². The van der Waals surface area contributed by atoms with Crippen molar-refractivity contribution in [1.82, 2.24) is 9.97 Å². The predicted molar refractivity (Wildman–Crippen MR) is 78.1 cm³/mol. The molecule has 1 aromatic heterocycles. The second-order valence-corrected chi connectivity index (χ2v) is 4.42. The standard InChI is InChI=1S/C14H15N3O5/c1-4-21-13-12(14(18)22-5-2)15-10-7-11(17(19)20)8(3)6-9(10)16-13/h6-7H,4-5H2,1-3H3. The molecule has 0 spiro atoms. The molecular formula is C14H15N3O5. The zero-order valence-corrected chi connectivity index (χ0v) is 12.5. The molecule has 0 aliphatic heterocycles. The molecular weight excluding hydrogens is 290 g/mol. The van der Waals surface area contributed by atoms with Crippen LogP contribution in [0.15, 0.2) is 12.1 Å². The summed E-state index contributed by atoms with van der Waals surface area (Å²) in [6.07, 6.45) is 0. The number of hydrogen-bond acceptors (Lipinski definition) is 7. The van der Waals surface area contributed by atoms with Crippen molar-refractivity contribution < 1.29 is 19.2 Å². The Balaban J connectivity index is 2.66. The number of rotatable bonds is 5. The Morgan fingerprint density at radius 2 is 1.91 bits per heavy atom. The lowest BCUT2D eigenvalue weighted by Gasteiger charge is -2.09. The fraction of sp³-hybridized carbons (Fsp3) is 0.357. The zero-order valence-electron chi connectivity index (χ0n) is 12.5. The van der Waals surface area contributed by atoms with Crippen molar-refractivity contribution in [2.24, 2.45) is 0 Å². The van der Waals surface area contributed by atoms with Gasteiger partial charge in [0, 0.05) is 11.6 Å². The van der Waals surface area contributed by atoms with Gasteiger partial charge in [0.2, 0.25) is 11.6 Å². The lowest BCUT2D eigenvalue weighted by Crippen LogP contribution is -2.12. The predicted octanol–water partition coefficient (Wildman–Crippen LogP) is 2.42. The smallest absolute Gasteiger partial charge is 0.362 e. The molecule has 8 heteroatoms. The normalized spacial score (nSPS) is 10.5. The lowest BCUT2D eigenvalue weighted by molar-refractivity contribution is -0.385. The minimum absolute atomic E-state index is 0.0571. The molecule has 0 atom stereocenters. The van der Waals surface area contributed by atoms with Crippen LogP contribution in [0.4, 0.5) is 5.69 Å². The van der Waals surface area contributed by atoms with Gasteiger partial charge in [-0.3, -0.25) is 10.1 Å². The van der Waals surface area contributed by atoms with Gasteiger partial charge in [0.1, 0.15) is 0 Å². The minimum Gasteiger partial charge on any atom is -0.476 e. The van der Waals surface area contributed by atoms with E-state index in [1.807, 2.05) is 0 Å². The van der Waals surface area contributed by atoms with Crippen LogP contribution >= 0.6 is 0 Å². The summed E-state index contributed by atoms with van der Waals surface area (Å²) in [4.78, 5) is 30.8. The van der Waals surface area contributed by atoms with Gasteiger partial charge < -0.3 is 9.47 Å². The van der Waals surface area contributed by atoms with E-state index in [4.69, 9.17) is 9.47 Å². The maximum atomic E-state index is 11.9. The number of hydrogen-bond donors (Lipinski definition) is 0. The van der Waals surface area contributed by atoms with Crippen LogP contribution < -0.4 is 4.74 Å². The maximum Gasteiger partial charge on any atom is 0.362 e. The third kappa shape index (κ3) is 2.95. The van der Waals surface area contributed by atoms with E-state index < -0.39 is 10.9 Å². The second kappa shape index (κ2) is 6.33. The van der Waals surface area contributed by atoms with Crippen LogP contribution in [-0.4, -0.2) is 34.1 Å². The van der Waals surface area contributed by atoms with E-state index in [1.54, 1.807) is 20.8 Å². The fourth-order valence-electron chi connectivity index (χ4n) is 1.95. The average molecular weight is 305 g/mol. The van der Waals surface area contributed by atoms with Gasteiger partial charge in [0.15, 0.2) is 0 Å². The minimum atomic E-state index is -0.677. The Morgan fingerprint density at radius 1 is 1.23 bits per heavy atom. The first-order valence-corrected chi connectivity index (χ1v) is 6.74. The molecule has 0 fully saturated rings. The molecule has 0 saturated carbocycles. The number of carbonyl (C=O) groups is 1. The van der Waals surface area contributed by atoms with Gasteiger partial charge in [-0.1, -0.05) is 0 Å². The average Bonchev–Trinajstić information content (AvgIpc) is 2.46. The van der Waals surface area contributed by atoms with Crippen molar-refractivity contribution in [3.05, 3.63) is 33.5 Å². The van der Waals surface area contributed by atoms with Crippen molar-refractivity contribution in [1.29, 1.82) is 0 Å². The molecule has 0 aliphatic rings. The Bertz CT molecular complexity index is 745. The van der Waals surface area contributed by atoms with Crippen LogP contribution in [0.3, 0.4) is 0 Å². The second-order valence-electron chi connectivity index (χ2n) is 4.42. The van der Waals surface area contributed by atoms with E-state index in [-0.39, 0.29) is 29.4 Å². The molecule has 0 saturated heterocycles. The summed E-state index contributed by atoms with van der Waals surface area (Å²) in [7, 11) is 0. The SMILES string of the molecule is CCOC(=O)c1nc2cc([N+](=O)[O-])c(C)cc2nc1OCC. The summed E-state index contributed by atoms with van der Waals surface area (Å²) in [6.45, 7) is 5.51. The first kappa shape index (κ1) is 15.6. The molecule has 0 amide bonds. The van der Waals surface area contributed by atoms with Crippen LogP contribution in [0.5, 0.6) is 5.88 Å². The van der Waals surface area contributed by atoms with Gasteiger partial charge in [0.05, 0.1) is 29.2 Å². The first-order valence-electron chi connectivity index (χ1n) is 6.74. The zero-order chi connectivity index (χ0) is 16.3. The lowest BCUT2D eigenvalue weighted by atomic mass is 10.1. The highest BCUT2D eigenvalue weighted by molar-refractivity contribution is 5.92. The van der Waals surface area contributed by atoms with Gasteiger partial charge in [-0.25, -0.2) is 14.8 Å². The Hall–Kier alpha value is -2.77. The van der Waals surface area contributed by atoms with Gasteiger partial charge in [-0.2, -0.15) is 0 Å². The van der Waals surface area contributed by atoms with E-state index in [0.717, 1.165) is 0 Å².